The molecule has 0 radical (unpaired) electrons. The molecule has 132 valence electrons. The molecule has 0 aliphatic heterocycles. The highest BCUT2D eigenvalue weighted by molar-refractivity contribution is 6.30. The maximum absolute atomic E-state index is 12.4. The van der Waals surface area contributed by atoms with Crippen LogP contribution in [0.5, 0.6) is 0 Å². The highest BCUT2D eigenvalue weighted by atomic mass is 35.5. The van der Waals surface area contributed by atoms with Crippen LogP contribution in [0, 0.1) is 6.92 Å². The van der Waals surface area contributed by atoms with Gasteiger partial charge < -0.3 is 10.2 Å². The minimum absolute atomic E-state index is 0.260. The van der Waals surface area contributed by atoms with Crippen molar-refractivity contribution in [3.63, 3.8) is 0 Å². The Kier molecular flexibility index (Phi) is 5.49. The number of anilines is 3. The van der Waals surface area contributed by atoms with Crippen LogP contribution >= 0.6 is 11.6 Å². The van der Waals surface area contributed by atoms with E-state index in [1.54, 1.807) is 18.2 Å². The zero-order valence-corrected chi connectivity index (χ0v) is 15.4. The summed E-state index contributed by atoms with van der Waals surface area (Å²) in [7, 11) is 0. The molecule has 5 nitrogen and oxygen atoms in total. The van der Waals surface area contributed by atoms with Crippen LogP contribution in [0.2, 0.25) is 5.02 Å². The number of aromatic nitrogens is 2. The number of hydrogen-bond donors (Lipinski definition) is 1. The molecular weight excluding hydrogens is 348 g/mol. The fourth-order valence-corrected chi connectivity index (χ4v) is 2.81. The second-order valence-electron chi connectivity index (χ2n) is 5.76. The van der Waals surface area contributed by atoms with Crippen molar-refractivity contribution in [1.82, 2.24) is 9.97 Å². The third-order valence-electron chi connectivity index (χ3n) is 3.96. The Morgan fingerprint density at radius 1 is 1.12 bits per heavy atom. The molecule has 0 saturated carbocycles. The van der Waals surface area contributed by atoms with Crippen molar-refractivity contribution in [2.45, 2.75) is 13.8 Å². The van der Waals surface area contributed by atoms with Crippen molar-refractivity contribution in [2.24, 2.45) is 0 Å². The molecule has 1 aromatic heterocycles. The molecular formula is C20H19ClN4O. The molecule has 1 heterocycles. The molecule has 0 aliphatic carbocycles. The van der Waals surface area contributed by atoms with E-state index in [1.807, 2.05) is 49.1 Å². The van der Waals surface area contributed by atoms with Gasteiger partial charge in [0.25, 0.3) is 5.91 Å². The number of hydrogen-bond acceptors (Lipinski definition) is 4. The molecule has 26 heavy (non-hydrogen) atoms. The van der Waals surface area contributed by atoms with Gasteiger partial charge in [-0.05, 0) is 49.7 Å². The zero-order chi connectivity index (χ0) is 18.5. The zero-order valence-electron chi connectivity index (χ0n) is 14.6. The van der Waals surface area contributed by atoms with E-state index in [0.717, 1.165) is 17.8 Å². The van der Waals surface area contributed by atoms with Crippen LogP contribution in [0.25, 0.3) is 0 Å². The lowest BCUT2D eigenvalue weighted by molar-refractivity contribution is 0.102. The number of nitrogens with zero attached hydrogens (tertiary/aromatic N) is 3. The molecule has 3 rings (SSSR count). The molecule has 2 aromatic carbocycles. The number of para-hydroxylation sites is 1. The van der Waals surface area contributed by atoms with Crippen molar-refractivity contribution < 1.29 is 4.79 Å². The van der Waals surface area contributed by atoms with Crippen molar-refractivity contribution >= 4 is 34.8 Å². The Balaban J connectivity index is 1.77. The number of carbonyl (C=O) groups is 1. The normalized spacial score (nSPS) is 10.4. The van der Waals surface area contributed by atoms with Gasteiger partial charge in [0.2, 0.25) is 5.95 Å². The summed E-state index contributed by atoms with van der Waals surface area (Å²) in [6.07, 6.45) is 3.07. The van der Waals surface area contributed by atoms with Crippen LogP contribution in [-0.4, -0.2) is 22.4 Å². The van der Waals surface area contributed by atoms with Crippen LogP contribution in [0.15, 0.2) is 60.9 Å². The topological polar surface area (TPSA) is 58.1 Å². The first-order valence-corrected chi connectivity index (χ1v) is 8.68. The van der Waals surface area contributed by atoms with Gasteiger partial charge in [-0.1, -0.05) is 29.8 Å². The number of benzene rings is 2. The molecule has 0 fully saturated rings. The van der Waals surface area contributed by atoms with E-state index < -0.39 is 0 Å². The summed E-state index contributed by atoms with van der Waals surface area (Å²) in [6.45, 7) is 4.64. The Labute approximate surface area is 157 Å². The number of rotatable bonds is 5. The predicted molar refractivity (Wildman–Crippen MR) is 105 cm³/mol. The fourth-order valence-electron chi connectivity index (χ4n) is 2.59. The van der Waals surface area contributed by atoms with Gasteiger partial charge in [-0.2, -0.15) is 0 Å². The van der Waals surface area contributed by atoms with Crippen molar-refractivity contribution in [2.75, 3.05) is 16.8 Å². The standard InChI is InChI=1S/C20H19ClN4O/c1-3-25(17-7-5-4-6-8-17)20-22-12-15(13-23-20)19(26)24-18-10-9-16(21)11-14(18)2/h4-13H,3H2,1-2H3,(H,24,26). The third kappa shape index (κ3) is 4.00. The Morgan fingerprint density at radius 2 is 1.81 bits per heavy atom. The van der Waals surface area contributed by atoms with E-state index in [9.17, 15) is 4.79 Å². The van der Waals surface area contributed by atoms with Crippen LogP contribution in [0.1, 0.15) is 22.8 Å². The Morgan fingerprint density at radius 3 is 2.42 bits per heavy atom. The predicted octanol–water partition coefficient (Wildman–Crippen LogP) is 4.85. The average molecular weight is 367 g/mol. The van der Waals surface area contributed by atoms with Crippen molar-refractivity contribution in [3.05, 3.63) is 77.1 Å². The summed E-state index contributed by atoms with van der Waals surface area (Å²) in [5.74, 6) is 0.294. The van der Waals surface area contributed by atoms with Gasteiger partial charge in [-0.15, -0.1) is 0 Å². The molecule has 1 N–H and O–H groups in total. The summed E-state index contributed by atoms with van der Waals surface area (Å²) >= 11 is 5.94. The van der Waals surface area contributed by atoms with Crippen molar-refractivity contribution in [3.8, 4) is 0 Å². The summed E-state index contributed by atoms with van der Waals surface area (Å²) < 4.78 is 0. The van der Waals surface area contributed by atoms with Crippen LogP contribution in [0.4, 0.5) is 17.3 Å². The number of carbonyl (C=O) groups excluding carboxylic acids is 1. The first-order valence-electron chi connectivity index (χ1n) is 8.30. The maximum atomic E-state index is 12.4. The molecule has 0 aliphatic rings. The van der Waals surface area contributed by atoms with Gasteiger partial charge in [0.1, 0.15) is 0 Å². The van der Waals surface area contributed by atoms with Crippen LogP contribution < -0.4 is 10.2 Å². The van der Waals surface area contributed by atoms with Gasteiger partial charge in [0.05, 0.1) is 5.56 Å². The lowest BCUT2D eigenvalue weighted by Gasteiger charge is -2.20. The summed E-state index contributed by atoms with van der Waals surface area (Å²) in [5, 5.41) is 3.49. The van der Waals surface area contributed by atoms with Crippen LogP contribution in [0.3, 0.4) is 0 Å². The monoisotopic (exact) mass is 366 g/mol. The van der Waals surface area contributed by atoms with E-state index in [1.165, 1.54) is 12.4 Å². The highest BCUT2D eigenvalue weighted by Gasteiger charge is 2.13. The molecule has 0 unspecified atom stereocenters. The van der Waals surface area contributed by atoms with E-state index >= 15 is 0 Å². The highest BCUT2D eigenvalue weighted by Crippen LogP contribution is 2.22. The minimum atomic E-state index is -0.260. The first kappa shape index (κ1) is 17.9. The second-order valence-corrected chi connectivity index (χ2v) is 6.20. The van der Waals surface area contributed by atoms with Gasteiger partial charge in [0.15, 0.2) is 0 Å². The maximum Gasteiger partial charge on any atom is 0.258 e. The van der Waals surface area contributed by atoms with Gasteiger partial charge in [-0.3, -0.25) is 4.79 Å². The molecule has 0 atom stereocenters. The summed E-state index contributed by atoms with van der Waals surface area (Å²) in [4.78, 5) is 23.1. The fraction of sp³-hybridized carbons (Fsp3) is 0.150. The lowest BCUT2D eigenvalue weighted by Crippen LogP contribution is -2.20. The number of aryl methyl sites for hydroxylation is 1. The van der Waals surface area contributed by atoms with Crippen molar-refractivity contribution in [1.29, 1.82) is 0 Å². The molecule has 1 amide bonds. The number of halogens is 1. The number of nitrogens with one attached hydrogen (secondary N) is 1. The Bertz CT molecular complexity index is 897. The Hall–Kier alpha value is -2.92. The summed E-state index contributed by atoms with van der Waals surface area (Å²) in [6, 6.07) is 15.2. The van der Waals surface area contributed by atoms with Gasteiger partial charge in [-0.25, -0.2) is 9.97 Å². The molecule has 0 bridgehead atoms. The summed E-state index contributed by atoms with van der Waals surface area (Å²) in [5.41, 5.74) is 3.00. The van der Waals surface area contributed by atoms with Crippen LogP contribution in [-0.2, 0) is 0 Å². The molecule has 6 heteroatoms. The minimum Gasteiger partial charge on any atom is -0.322 e. The second kappa shape index (κ2) is 7.97. The molecule has 3 aromatic rings. The van der Waals surface area contributed by atoms with E-state index in [2.05, 4.69) is 15.3 Å². The number of amides is 1. The SMILES string of the molecule is CCN(c1ccccc1)c1ncc(C(=O)Nc2ccc(Cl)cc2C)cn1. The van der Waals surface area contributed by atoms with Gasteiger partial charge >= 0.3 is 0 Å². The lowest BCUT2D eigenvalue weighted by atomic mass is 10.2. The third-order valence-corrected chi connectivity index (χ3v) is 4.20. The first-order chi connectivity index (χ1) is 12.6. The van der Waals surface area contributed by atoms with E-state index in [4.69, 9.17) is 11.6 Å². The van der Waals surface area contributed by atoms with Gasteiger partial charge in [0, 0.05) is 35.3 Å². The quantitative estimate of drug-likeness (QED) is 0.701. The van der Waals surface area contributed by atoms with E-state index in [0.29, 0.717) is 22.2 Å². The molecule has 0 saturated heterocycles. The smallest absolute Gasteiger partial charge is 0.258 e. The van der Waals surface area contributed by atoms with E-state index in [-0.39, 0.29) is 5.91 Å². The average Bonchev–Trinajstić information content (AvgIpc) is 2.66. The largest absolute Gasteiger partial charge is 0.322 e. The molecule has 0 spiro atoms.